The largest absolute Gasteiger partial charge is 0.373 e. The van der Waals surface area contributed by atoms with Gasteiger partial charge >= 0.3 is 0 Å². The molecular formula is C22H23N3O2S. The van der Waals surface area contributed by atoms with Gasteiger partial charge in [-0.3, -0.25) is 9.78 Å². The average Bonchev–Trinajstić information content (AvgIpc) is 3.29. The maximum absolute atomic E-state index is 12.9. The van der Waals surface area contributed by atoms with Crippen LogP contribution in [0.5, 0.6) is 0 Å². The third kappa shape index (κ3) is 3.20. The van der Waals surface area contributed by atoms with Crippen molar-refractivity contribution >= 4 is 28.6 Å². The molecule has 0 saturated carbocycles. The van der Waals surface area contributed by atoms with Crippen molar-refractivity contribution in [2.45, 2.75) is 23.9 Å². The zero-order valence-corrected chi connectivity index (χ0v) is 16.7. The van der Waals surface area contributed by atoms with Gasteiger partial charge in [-0.1, -0.05) is 6.07 Å². The van der Waals surface area contributed by atoms with E-state index in [0.717, 1.165) is 47.3 Å². The van der Waals surface area contributed by atoms with Gasteiger partial charge < -0.3 is 14.2 Å². The lowest BCUT2D eigenvalue weighted by Crippen LogP contribution is -2.60. The number of aromatic nitrogens is 2. The summed E-state index contributed by atoms with van der Waals surface area (Å²) in [5, 5.41) is 1.11. The van der Waals surface area contributed by atoms with Crippen molar-refractivity contribution in [3.63, 3.8) is 0 Å². The Balaban J connectivity index is 1.18. The molecule has 4 heterocycles. The average molecular weight is 394 g/mol. The zero-order chi connectivity index (χ0) is 19.1. The van der Waals surface area contributed by atoms with Crippen LogP contribution >= 0.6 is 11.8 Å². The standard InChI is InChI=1S/C22H23N3O2S/c1-24-8-6-17-9-18(4-5-20(17)24)21(26)25-14-22(15-25)10-19(13-28-22)27-12-16-3-2-7-23-11-16/h2-9,11,19H,10,12-15H2,1H3/t19-/m0/s1. The molecule has 3 aromatic rings. The summed E-state index contributed by atoms with van der Waals surface area (Å²) in [4.78, 5) is 19.0. The van der Waals surface area contributed by atoms with Crippen LogP contribution in [0.3, 0.4) is 0 Å². The number of hydrogen-bond donors (Lipinski definition) is 0. The van der Waals surface area contributed by atoms with E-state index in [0.29, 0.717) is 6.61 Å². The summed E-state index contributed by atoms with van der Waals surface area (Å²) in [6.45, 7) is 2.24. The zero-order valence-electron chi connectivity index (χ0n) is 15.9. The fourth-order valence-corrected chi connectivity index (χ4v) is 5.77. The highest BCUT2D eigenvalue weighted by Crippen LogP contribution is 2.46. The summed E-state index contributed by atoms with van der Waals surface area (Å²) in [6, 6.07) is 12.0. The number of ether oxygens (including phenoxy) is 1. The van der Waals surface area contributed by atoms with Crippen LogP contribution < -0.4 is 0 Å². The lowest BCUT2D eigenvalue weighted by atomic mass is 9.92. The van der Waals surface area contributed by atoms with Crippen molar-refractivity contribution in [3.8, 4) is 0 Å². The van der Waals surface area contributed by atoms with Gasteiger partial charge in [0.05, 0.1) is 17.5 Å². The smallest absolute Gasteiger partial charge is 0.253 e. The van der Waals surface area contributed by atoms with E-state index in [1.165, 1.54) is 0 Å². The highest BCUT2D eigenvalue weighted by molar-refractivity contribution is 8.01. The fourth-order valence-electron chi connectivity index (χ4n) is 4.22. The molecule has 2 aromatic heterocycles. The van der Waals surface area contributed by atoms with Crippen molar-refractivity contribution in [1.29, 1.82) is 0 Å². The Morgan fingerprint density at radius 2 is 2.21 bits per heavy atom. The fraction of sp³-hybridized carbons (Fsp3) is 0.364. The van der Waals surface area contributed by atoms with Crippen molar-refractivity contribution in [1.82, 2.24) is 14.5 Å². The van der Waals surface area contributed by atoms with Gasteiger partial charge in [0.1, 0.15) is 0 Å². The molecule has 1 aromatic carbocycles. The quantitative estimate of drug-likeness (QED) is 0.681. The SMILES string of the molecule is Cn1ccc2cc(C(=O)N3CC4(C[C@H](OCc5cccnc5)CS4)C3)ccc21. The molecule has 0 bridgehead atoms. The van der Waals surface area contributed by atoms with Crippen LogP contribution in [0.1, 0.15) is 22.3 Å². The molecule has 5 nitrogen and oxygen atoms in total. The number of rotatable bonds is 4. The van der Waals surface area contributed by atoms with E-state index >= 15 is 0 Å². The maximum Gasteiger partial charge on any atom is 0.253 e. The number of carbonyl (C=O) groups excluding carboxylic acids is 1. The number of thioether (sulfide) groups is 1. The Kier molecular flexibility index (Phi) is 4.40. The molecule has 144 valence electrons. The van der Waals surface area contributed by atoms with E-state index < -0.39 is 0 Å². The molecule has 6 heteroatoms. The van der Waals surface area contributed by atoms with Gasteiger partial charge in [0.15, 0.2) is 0 Å². The predicted octanol–water partition coefficient (Wildman–Crippen LogP) is 3.49. The number of aryl methyl sites for hydroxylation is 1. The second kappa shape index (κ2) is 6.94. The van der Waals surface area contributed by atoms with Crippen LogP contribution in [0.15, 0.2) is 55.0 Å². The van der Waals surface area contributed by atoms with E-state index in [9.17, 15) is 4.79 Å². The lowest BCUT2D eigenvalue weighted by Gasteiger charge is -2.47. The molecule has 2 fully saturated rings. The molecule has 1 atom stereocenters. The van der Waals surface area contributed by atoms with Gasteiger partial charge in [-0.25, -0.2) is 0 Å². The number of nitrogens with zero attached hydrogens (tertiary/aromatic N) is 3. The van der Waals surface area contributed by atoms with Crippen LogP contribution in [-0.4, -0.2) is 50.1 Å². The van der Waals surface area contributed by atoms with Crippen LogP contribution in [0, 0.1) is 0 Å². The molecule has 0 unspecified atom stereocenters. The minimum Gasteiger partial charge on any atom is -0.373 e. The van der Waals surface area contributed by atoms with E-state index in [-0.39, 0.29) is 16.8 Å². The third-order valence-electron chi connectivity index (χ3n) is 5.76. The number of benzene rings is 1. The lowest BCUT2D eigenvalue weighted by molar-refractivity contribution is 0.0255. The minimum absolute atomic E-state index is 0.136. The van der Waals surface area contributed by atoms with Crippen LogP contribution in [0.4, 0.5) is 0 Å². The molecule has 1 spiro atoms. The second-order valence-electron chi connectivity index (χ2n) is 7.85. The first-order valence-electron chi connectivity index (χ1n) is 9.61. The Bertz CT molecular complexity index is 1010. The number of fused-ring (bicyclic) bond motifs is 1. The van der Waals surface area contributed by atoms with Gasteiger partial charge in [-0.2, -0.15) is 0 Å². The van der Waals surface area contributed by atoms with E-state index in [1.807, 2.05) is 66.4 Å². The Morgan fingerprint density at radius 1 is 1.32 bits per heavy atom. The highest BCUT2D eigenvalue weighted by Gasteiger charge is 2.51. The first-order valence-corrected chi connectivity index (χ1v) is 10.6. The molecule has 2 saturated heterocycles. The van der Waals surface area contributed by atoms with E-state index in [2.05, 4.69) is 15.6 Å². The van der Waals surface area contributed by atoms with Crippen LogP contribution in [0.25, 0.3) is 10.9 Å². The van der Waals surface area contributed by atoms with Crippen molar-refractivity contribution in [2.24, 2.45) is 7.05 Å². The summed E-state index contributed by atoms with van der Waals surface area (Å²) in [5.41, 5.74) is 3.03. The maximum atomic E-state index is 12.9. The summed E-state index contributed by atoms with van der Waals surface area (Å²) < 4.78 is 8.33. The highest BCUT2D eigenvalue weighted by atomic mass is 32.2. The summed E-state index contributed by atoms with van der Waals surface area (Å²) in [6.07, 6.45) is 6.92. The van der Waals surface area contributed by atoms with E-state index in [4.69, 9.17) is 4.74 Å². The Hall–Kier alpha value is -2.31. The number of amides is 1. The molecule has 0 radical (unpaired) electrons. The molecule has 0 aliphatic carbocycles. The molecule has 0 N–H and O–H groups in total. The minimum atomic E-state index is 0.136. The normalized spacial score (nSPS) is 20.6. The number of carbonyl (C=O) groups is 1. The molecule has 28 heavy (non-hydrogen) atoms. The number of pyridine rings is 1. The van der Waals surface area contributed by atoms with Gasteiger partial charge in [-0.15, -0.1) is 11.8 Å². The number of likely N-dealkylation sites (tertiary alicyclic amines) is 1. The molecular weight excluding hydrogens is 370 g/mol. The molecule has 5 rings (SSSR count). The van der Waals surface area contributed by atoms with E-state index in [1.54, 1.807) is 6.20 Å². The molecule has 2 aliphatic rings. The summed E-state index contributed by atoms with van der Waals surface area (Å²) in [7, 11) is 2.02. The Morgan fingerprint density at radius 3 is 3.04 bits per heavy atom. The first kappa shape index (κ1) is 17.8. The summed E-state index contributed by atoms with van der Waals surface area (Å²) in [5.74, 6) is 1.13. The van der Waals surface area contributed by atoms with Crippen molar-refractivity contribution in [2.75, 3.05) is 18.8 Å². The van der Waals surface area contributed by atoms with Crippen molar-refractivity contribution < 1.29 is 9.53 Å². The monoisotopic (exact) mass is 393 g/mol. The van der Waals surface area contributed by atoms with Gasteiger partial charge in [0.25, 0.3) is 5.91 Å². The van der Waals surface area contributed by atoms with Gasteiger partial charge in [0.2, 0.25) is 0 Å². The molecule has 1 amide bonds. The van der Waals surface area contributed by atoms with Crippen LogP contribution in [0.2, 0.25) is 0 Å². The summed E-state index contributed by atoms with van der Waals surface area (Å²) >= 11 is 1.96. The van der Waals surface area contributed by atoms with Crippen molar-refractivity contribution in [3.05, 3.63) is 66.1 Å². The topological polar surface area (TPSA) is 47.4 Å². The Labute approximate surface area is 168 Å². The van der Waals surface area contributed by atoms with Gasteiger partial charge in [0, 0.05) is 60.9 Å². The predicted molar refractivity (Wildman–Crippen MR) is 111 cm³/mol. The second-order valence-corrected chi connectivity index (χ2v) is 9.34. The molecule has 2 aliphatic heterocycles. The number of hydrogen-bond acceptors (Lipinski definition) is 4. The van der Waals surface area contributed by atoms with Gasteiger partial charge in [-0.05, 0) is 42.3 Å². The first-order chi connectivity index (χ1) is 13.6. The van der Waals surface area contributed by atoms with Crippen LogP contribution in [-0.2, 0) is 18.4 Å². The third-order valence-corrected chi connectivity index (χ3v) is 7.34.